The highest BCUT2D eigenvalue weighted by Crippen LogP contribution is 2.28. The van der Waals surface area contributed by atoms with Crippen molar-refractivity contribution in [3.63, 3.8) is 0 Å². The van der Waals surface area contributed by atoms with Gasteiger partial charge in [-0.2, -0.15) is 0 Å². The molecule has 1 aliphatic heterocycles. The first-order valence-electron chi connectivity index (χ1n) is 10.9. The molecule has 0 saturated carbocycles. The van der Waals surface area contributed by atoms with Gasteiger partial charge in [-0.1, -0.05) is 17.3 Å². The minimum atomic E-state index is -0.301. The fourth-order valence-corrected chi connectivity index (χ4v) is 4.60. The van der Waals surface area contributed by atoms with E-state index in [-0.39, 0.29) is 5.97 Å². The molecule has 0 N–H and O–H groups in total. The summed E-state index contributed by atoms with van der Waals surface area (Å²) in [7, 11) is 3.29. The van der Waals surface area contributed by atoms with Crippen molar-refractivity contribution in [2.75, 3.05) is 20.2 Å². The van der Waals surface area contributed by atoms with Gasteiger partial charge in [-0.05, 0) is 49.7 Å². The van der Waals surface area contributed by atoms with E-state index in [1.54, 1.807) is 0 Å². The van der Waals surface area contributed by atoms with Gasteiger partial charge in [-0.15, -0.1) is 5.10 Å². The van der Waals surface area contributed by atoms with E-state index in [1.165, 1.54) is 7.11 Å². The molecule has 32 heavy (non-hydrogen) atoms. The number of hydrogen-bond acceptors (Lipinski definition) is 6. The van der Waals surface area contributed by atoms with Crippen LogP contribution in [0, 0.1) is 0 Å². The van der Waals surface area contributed by atoms with Gasteiger partial charge in [0, 0.05) is 38.1 Å². The summed E-state index contributed by atoms with van der Waals surface area (Å²) < 4.78 is 10.8. The summed E-state index contributed by atoms with van der Waals surface area (Å²) in [5, 5.41) is 8.58. The lowest BCUT2D eigenvalue weighted by atomic mass is 9.95. The van der Waals surface area contributed by atoms with Gasteiger partial charge in [0.2, 0.25) is 0 Å². The molecule has 9 heteroatoms. The summed E-state index contributed by atoms with van der Waals surface area (Å²) in [5.41, 5.74) is 3.64. The van der Waals surface area contributed by atoms with E-state index in [0.29, 0.717) is 18.3 Å². The van der Waals surface area contributed by atoms with Crippen molar-refractivity contribution < 1.29 is 9.53 Å². The van der Waals surface area contributed by atoms with Crippen molar-refractivity contribution in [3.05, 3.63) is 66.0 Å². The van der Waals surface area contributed by atoms with Crippen LogP contribution in [0.4, 0.5) is 0 Å². The number of carbonyl (C=O) groups excluding carboxylic acids is 1. The van der Waals surface area contributed by atoms with Crippen LogP contribution in [0.3, 0.4) is 0 Å². The zero-order chi connectivity index (χ0) is 22.1. The molecule has 0 atom stereocenters. The number of rotatable bonds is 6. The Labute approximate surface area is 186 Å². The summed E-state index contributed by atoms with van der Waals surface area (Å²) in [6, 6.07) is 9.92. The van der Waals surface area contributed by atoms with Crippen molar-refractivity contribution >= 4 is 17.0 Å². The van der Waals surface area contributed by atoms with Crippen molar-refractivity contribution in [3.8, 4) is 0 Å². The quantitative estimate of drug-likeness (QED) is 0.435. The number of benzene rings is 1. The molecule has 1 fully saturated rings. The van der Waals surface area contributed by atoms with Gasteiger partial charge in [0.25, 0.3) is 0 Å². The number of piperidine rings is 1. The maximum atomic E-state index is 11.9. The number of ether oxygens (including phenoxy) is 1. The second-order valence-corrected chi connectivity index (χ2v) is 8.36. The van der Waals surface area contributed by atoms with Gasteiger partial charge in [0.1, 0.15) is 23.7 Å². The number of para-hydroxylation sites is 1. The van der Waals surface area contributed by atoms with Crippen LogP contribution in [0.2, 0.25) is 0 Å². The third kappa shape index (κ3) is 3.91. The molecular weight excluding hydrogens is 406 g/mol. The number of imidazole rings is 1. The highest BCUT2D eigenvalue weighted by atomic mass is 16.5. The summed E-state index contributed by atoms with van der Waals surface area (Å²) >= 11 is 0. The molecule has 4 heterocycles. The molecule has 0 spiro atoms. The van der Waals surface area contributed by atoms with Crippen molar-refractivity contribution in [1.82, 2.24) is 34.0 Å². The van der Waals surface area contributed by atoms with E-state index in [9.17, 15) is 4.79 Å². The second-order valence-electron chi connectivity index (χ2n) is 8.36. The molecule has 0 bridgehead atoms. The number of aromatic nitrogens is 6. The third-order valence-corrected chi connectivity index (χ3v) is 6.27. The predicted molar refractivity (Wildman–Crippen MR) is 119 cm³/mol. The number of esters is 1. The van der Waals surface area contributed by atoms with Gasteiger partial charge in [-0.3, -0.25) is 4.90 Å². The van der Waals surface area contributed by atoms with Crippen LogP contribution in [-0.2, 0) is 25.0 Å². The normalized spacial score (nSPS) is 15.4. The molecule has 166 valence electrons. The monoisotopic (exact) mass is 433 g/mol. The molecule has 1 aromatic carbocycles. The highest BCUT2D eigenvalue weighted by molar-refractivity contribution is 5.87. The third-order valence-electron chi connectivity index (χ3n) is 6.27. The average molecular weight is 434 g/mol. The van der Waals surface area contributed by atoms with Crippen LogP contribution in [0.15, 0.2) is 48.9 Å². The Kier molecular flexibility index (Phi) is 5.48. The van der Waals surface area contributed by atoms with Gasteiger partial charge < -0.3 is 13.9 Å². The molecule has 3 aromatic heterocycles. The smallest absolute Gasteiger partial charge is 0.354 e. The number of nitrogens with zero attached hydrogens (tertiary/aromatic N) is 7. The minimum Gasteiger partial charge on any atom is -0.464 e. The van der Waals surface area contributed by atoms with Crippen molar-refractivity contribution in [1.29, 1.82) is 0 Å². The van der Waals surface area contributed by atoms with E-state index in [2.05, 4.69) is 24.8 Å². The summed E-state index contributed by atoms with van der Waals surface area (Å²) in [6.07, 6.45) is 8.00. The van der Waals surface area contributed by atoms with Crippen molar-refractivity contribution in [2.45, 2.75) is 32.0 Å². The number of likely N-dealkylation sites (tertiary alicyclic amines) is 1. The fraction of sp³-hybridized carbons (Fsp3) is 0.391. The van der Waals surface area contributed by atoms with E-state index in [4.69, 9.17) is 4.74 Å². The minimum absolute atomic E-state index is 0.301. The highest BCUT2D eigenvalue weighted by Gasteiger charge is 2.25. The molecular formula is C23H27N7O2. The number of hydrogen-bond donors (Lipinski definition) is 0. The predicted octanol–water partition coefficient (Wildman–Crippen LogP) is 2.64. The van der Waals surface area contributed by atoms with Gasteiger partial charge in [-0.25, -0.2) is 14.5 Å². The topological polar surface area (TPSA) is 83.0 Å². The lowest BCUT2D eigenvalue weighted by Gasteiger charge is -2.31. The number of carbonyl (C=O) groups is 1. The van der Waals surface area contributed by atoms with E-state index < -0.39 is 0 Å². The average Bonchev–Trinajstić information content (AvgIpc) is 3.53. The fourth-order valence-electron chi connectivity index (χ4n) is 4.60. The van der Waals surface area contributed by atoms with Crippen LogP contribution >= 0.6 is 0 Å². The standard InChI is InChI=1S/C23H27N7O2/c1-27-14-17(13-21(27)23(31)32-2)15-28-10-7-18(8-11-28)22-24-9-12-29(22)16-30-20-6-4-3-5-19(20)25-26-30/h3-6,9,12-14,18H,7-8,10-11,15-16H2,1-2H3. The molecule has 5 rings (SSSR count). The Morgan fingerprint density at radius 1 is 1.22 bits per heavy atom. The lowest BCUT2D eigenvalue weighted by molar-refractivity contribution is 0.0590. The summed E-state index contributed by atoms with van der Waals surface area (Å²) in [4.78, 5) is 19.0. The van der Waals surface area contributed by atoms with Gasteiger partial charge in [0.05, 0.1) is 12.6 Å². The lowest BCUT2D eigenvalue weighted by Crippen LogP contribution is -2.33. The maximum Gasteiger partial charge on any atom is 0.354 e. The maximum absolute atomic E-state index is 11.9. The van der Waals surface area contributed by atoms with Gasteiger partial charge >= 0.3 is 5.97 Å². The largest absolute Gasteiger partial charge is 0.464 e. The van der Waals surface area contributed by atoms with E-state index >= 15 is 0 Å². The van der Waals surface area contributed by atoms with Crippen LogP contribution in [-0.4, -0.2) is 60.2 Å². The van der Waals surface area contributed by atoms with Crippen LogP contribution in [0.1, 0.15) is 40.6 Å². The number of aryl methyl sites for hydroxylation is 1. The first-order valence-corrected chi connectivity index (χ1v) is 10.9. The van der Waals surface area contributed by atoms with Crippen LogP contribution in [0.5, 0.6) is 0 Å². The summed E-state index contributed by atoms with van der Waals surface area (Å²) in [5.74, 6) is 1.22. The number of fused-ring (bicyclic) bond motifs is 1. The van der Waals surface area contributed by atoms with E-state index in [1.807, 2.05) is 65.2 Å². The van der Waals surface area contributed by atoms with E-state index in [0.717, 1.165) is 54.9 Å². The SMILES string of the molecule is COC(=O)c1cc(CN2CCC(c3nccn3Cn3nnc4ccccc43)CC2)cn1C. The van der Waals surface area contributed by atoms with Crippen molar-refractivity contribution in [2.24, 2.45) is 7.05 Å². The Hall–Kier alpha value is -3.46. The molecule has 1 aliphatic rings. The molecule has 4 aromatic rings. The Morgan fingerprint density at radius 3 is 2.84 bits per heavy atom. The molecule has 1 saturated heterocycles. The molecule has 9 nitrogen and oxygen atoms in total. The molecule has 0 unspecified atom stereocenters. The second kappa shape index (κ2) is 8.58. The zero-order valence-electron chi connectivity index (χ0n) is 18.4. The Morgan fingerprint density at radius 2 is 2.03 bits per heavy atom. The number of methoxy groups -OCH3 is 1. The Balaban J connectivity index is 1.23. The van der Waals surface area contributed by atoms with Crippen LogP contribution in [0.25, 0.3) is 11.0 Å². The van der Waals surface area contributed by atoms with Gasteiger partial charge in [0.15, 0.2) is 0 Å². The molecule has 0 aliphatic carbocycles. The summed E-state index contributed by atoms with van der Waals surface area (Å²) in [6.45, 7) is 3.42. The van der Waals surface area contributed by atoms with Crippen LogP contribution < -0.4 is 0 Å². The Bertz CT molecular complexity index is 1230. The first kappa shape index (κ1) is 20.4. The first-order chi connectivity index (χ1) is 15.6. The zero-order valence-corrected chi connectivity index (χ0v) is 18.4. The molecule has 0 radical (unpaired) electrons. The molecule has 0 amide bonds.